The van der Waals surface area contributed by atoms with Gasteiger partial charge in [0.25, 0.3) is 0 Å². The molecule has 1 amide bonds. The molecule has 1 rings (SSSR count). The highest BCUT2D eigenvalue weighted by molar-refractivity contribution is 6.21. The second-order valence-electron chi connectivity index (χ2n) is 5.29. The molecule has 0 saturated heterocycles. The van der Waals surface area contributed by atoms with Crippen molar-refractivity contribution in [3.05, 3.63) is 35.7 Å². The number of allylic oxidation sites excluding steroid dienone is 1. The Morgan fingerprint density at radius 2 is 2.16 bits per heavy atom. The Morgan fingerprint density at radius 1 is 1.47 bits per heavy atom. The van der Waals surface area contributed by atoms with Crippen LogP contribution in [0.1, 0.15) is 32.0 Å². The van der Waals surface area contributed by atoms with Crippen LogP contribution in [0.4, 0.5) is 0 Å². The van der Waals surface area contributed by atoms with Crippen LogP contribution in [0.25, 0.3) is 0 Å². The molecule has 0 aliphatic rings. The zero-order valence-corrected chi connectivity index (χ0v) is 12.9. The lowest BCUT2D eigenvalue weighted by Gasteiger charge is -2.23. The molecule has 1 heterocycles. The van der Waals surface area contributed by atoms with Gasteiger partial charge in [-0.25, -0.2) is 0 Å². The average Bonchev–Trinajstić information content (AvgIpc) is 2.70. The molecule has 1 atom stereocenters. The maximum atomic E-state index is 12.2. The molecule has 0 saturated carbocycles. The van der Waals surface area contributed by atoms with Gasteiger partial charge in [0.2, 0.25) is 5.91 Å². The summed E-state index contributed by atoms with van der Waals surface area (Å²) in [4.78, 5) is 17.2. The summed E-state index contributed by atoms with van der Waals surface area (Å²) >= 11 is 5.84. The molecule has 1 aromatic rings. The van der Waals surface area contributed by atoms with Crippen LogP contribution in [-0.2, 0) is 11.3 Å². The highest BCUT2D eigenvalue weighted by Gasteiger charge is 2.14. The number of nitrogens with one attached hydrogen (secondary N) is 1. The highest BCUT2D eigenvalue weighted by Crippen LogP contribution is 2.11. The fourth-order valence-corrected chi connectivity index (χ4v) is 1.91. The summed E-state index contributed by atoms with van der Waals surface area (Å²) in [6, 6.07) is 2.02. The highest BCUT2D eigenvalue weighted by atomic mass is 35.5. The van der Waals surface area contributed by atoms with Crippen LogP contribution in [0.2, 0.25) is 0 Å². The smallest absolute Gasteiger partial charge is 0.246 e. The van der Waals surface area contributed by atoms with Crippen molar-refractivity contribution in [1.82, 2.24) is 9.88 Å². The Bertz CT molecular complexity index is 435. The van der Waals surface area contributed by atoms with Gasteiger partial charge < -0.3 is 9.88 Å². The van der Waals surface area contributed by atoms with Gasteiger partial charge in [0.1, 0.15) is 0 Å². The molecule has 4 heteroatoms. The molecule has 106 valence electrons. The van der Waals surface area contributed by atoms with Gasteiger partial charge in [-0.2, -0.15) is 0 Å². The molecule has 0 radical (unpaired) electrons. The molecule has 0 aromatic carbocycles. The van der Waals surface area contributed by atoms with Crippen LogP contribution >= 0.6 is 11.6 Å². The van der Waals surface area contributed by atoms with Crippen LogP contribution < -0.4 is 0 Å². The first kappa shape index (κ1) is 15.8. The maximum Gasteiger partial charge on any atom is 0.246 e. The van der Waals surface area contributed by atoms with Gasteiger partial charge >= 0.3 is 0 Å². The molecule has 1 aromatic heterocycles. The summed E-state index contributed by atoms with van der Waals surface area (Å²) in [6.45, 7) is 9.44. The summed E-state index contributed by atoms with van der Waals surface area (Å²) in [5.41, 5.74) is 2.26. The number of rotatable bonds is 6. The Hall–Kier alpha value is -1.22. The SMILES string of the molecule is Cc1cc[nH]c1CN(CC(C)C)C(=O)/C=C/C(C)Cl. The van der Waals surface area contributed by atoms with E-state index in [1.807, 2.05) is 31.0 Å². The molecule has 0 aliphatic carbocycles. The number of hydrogen-bond donors (Lipinski definition) is 1. The van der Waals surface area contributed by atoms with E-state index in [0.717, 1.165) is 12.2 Å². The van der Waals surface area contributed by atoms with Gasteiger partial charge in [-0.3, -0.25) is 4.79 Å². The number of nitrogens with zero attached hydrogens (tertiary/aromatic N) is 1. The van der Waals surface area contributed by atoms with Crippen molar-refractivity contribution in [2.45, 2.75) is 39.6 Å². The van der Waals surface area contributed by atoms with Crippen LogP contribution in [0.15, 0.2) is 24.4 Å². The maximum absolute atomic E-state index is 12.2. The number of aromatic amines is 1. The molecule has 1 N–H and O–H groups in total. The van der Waals surface area contributed by atoms with E-state index in [2.05, 4.69) is 18.8 Å². The third-order valence-electron chi connectivity index (χ3n) is 2.82. The van der Waals surface area contributed by atoms with Gasteiger partial charge in [0.15, 0.2) is 0 Å². The predicted octanol–water partition coefficient (Wildman–Crippen LogP) is 3.49. The van der Waals surface area contributed by atoms with E-state index in [9.17, 15) is 4.79 Å². The average molecular weight is 283 g/mol. The predicted molar refractivity (Wildman–Crippen MR) is 80.2 cm³/mol. The number of H-pyrrole nitrogens is 1. The van der Waals surface area contributed by atoms with E-state index in [0.29, 0.717) is 12.5 Å². The van der Waals surface area contributed by atoms with Crippen molar-refractivity contribution in [3.8, 4) is 0 Å². The monoisotopic (exact) mass is 282 g/mol. The van der Waals surface area contributed by atoms with Crippen molar-refractivity contribution < 1.29 is 4.79 Å². The van der Waals surface area contributed by atoms with Gasteiger partial charge in [0.05, 0.1) is 6.54 Å². The van der Waals surface area contributed by atoms with Gasteiger partial charge in [-0.15, -0.1) is 11.6 Å². The summed E-state index contributed by atoms with van der Waals surface area (Å²) < 4.78 is 0. The minimum Gasteiger partial charge on any atom is -0.363 e. The van der Waals surface area contributed by atoms with Crippen LogP contribution in [0.5, 0.6) is 0 Å². The van der Waals surface area contributed by atoms with Crippen molar-refractivity contribution in [2.75, 3.05) is 6.54 Å². The van der Waals surface area contributed by atoms with Crippen molar-refractivity contribution in [2.24, 2.45) is 5.92 Å². The van der Waals surface area contributed by atoms with E-state index >= 15 is 0 Å². The quantitative estimate of drug-likeness (QED) is 0.629. The third-order valence-corrected chi connectivity index (χ3v) is 2.96. The van der Waals surface area contributed by atoms with E-state index in [1.54, 1.807) is 12.2 Å². The normalized spacial score (nSPS) is 13.2. The summed E-state index contributed by atoms with van der Waals surface area (Å²) in [6.07, 6.45) is 5.19. The number of carbonyl (C=O) groups is 1. The molecule has 3 nitrogen and oxygen atoms in total. The zero-order valence-electron chi connectivity index (χ0n) is 12.1. The molecule has 0 bridgehead atoms. The number of amides is 1. The van der Waals surface area contributed by atoms with Gasteiger partial charge in [-0.05, 0) is 31.4 Å². The second-order valence-corrected chi connectivity index (χ2v) is 5.98. The molecule has 0 fully saturated rings. The molecule has 0 aliphatic heterocycles. The Morgan fingerprint density at radius 3 is 2.63 bits per heavy atom. The molecular formula is C15H23ClN2O. The largest absolute Gasteiger partial charge is 0.363 e. The first-order chi connectivity index (χ1) is 8.90. The summed E-state index contributed by atoms with van der Waals surface area (Å²) in [7, 11) is 0. The van der Waals surface area contributed by atoms with E-state index in [4.69, 9.17) is 11.6 Å². The molecule has 0 spiro atoms. The first-order valence-corrected chi connectivity index (χ1v) is 7.07. The molecule has 1 unspecified atom stereocenters. The lowest BCUT2D eigenvalue weighted by Crippen LogP contribution is -2.32. The van der Waals surface area contributed by atoms with Crippen LogP contribution in [-0.4, -0.2) is 27.7 Å². The number of aromatic nitrogens is 1. The Balaban J connectivity index is 2.77. The Labute approximate surface area is 120 Å². The number of aryl methyl sites for hydroxylation is 1. The second kappa shape index (κ2) is 7.39. The molecular weight excluding hydrogens is 260 g/mol. The summed E-state index contributed by atoms with van der Waals surface area (Å²) in [5.74, 6) is 0.441. The van der Waals surface area contributed by atoms with Crippen LogP contribution in [0.3, 0.4) is 0 Å². The van der Waals surface area contributed by atoms with E-state index in [1.165, 1.54) is 5.56 Å². The Kier molecular flexibility index (Phi) is 6.16. The lowest BCUT2D eigenvalue weighted by atomic mass is 10.2. The van der Waals surface area contributed by atoms with Crippen molar-refractivity contribution in [1.29, 1.82) is 0 Å². The first-order valence-electron chi connectivity index (χ1n) is 6.64. The molecule has 19 heavy (non-hydrogen) atoms. The number of halogens is 1. The van der Waals surface area contributed by atoms with Gasteiger partial charge in [0, 0.05) is 29.9 Å². The fraction of sp³-hybridized carbons (Fsp3) is 0.533. The zero-order chi connectivity index (χ0) is 14.4. The van der Waals surface area contributed by atoms with E-state index < -0.39 is 0 Å². The van der Waals surface area contributed by atoms with E-state index in [-0.39, 0.29) is 11.3 Å². The van der Waals surface area contributed by atoms with Gasteiger partial charge in [-0.1, -0.05) is 19.9 Å². The topological polar surface area (TPSA) is 36.1 Å². The number of carbonyl (C=O) groups excluding carboxylic acids is 1. The van der Waals surface area contributed by atoms with Crippen molar-refractivity contribution in [3.63, 3.8) is 0 Å². The third kappa shape index (κ3) is 5.52. The van der Waals surface area contributed by atoms with Crippen molar-refractivity contribution >= 4 is 17.5 Å². The van der Waals surface area contributed by atoms with Crippen LogP contribution in [0, 0.1) is 12.8 Å². The number of alkyl halides is 1. The number of hydrogen-bond acceptors (Lipinski definition) is 1. The minimum absolute atomic E-state index is 0.00944. The standard InChI is InChI=1S/C15H23ClN2O/c1-11(2)9-18(15(19)6-5-13(4)16)10-14-12(3)7-8-17-14/h5-8,11,13,17H,9-10H2,1-4H3/b6-5+. The fourth-order valence-electron chi connectivity index (χ4n) is 1.84. The summed E-state index contributed by atoms with van der Waals surface area (Å²) in [5, 5.41) is -0.128. The minimum atomic E-state index is -0.128. The lowest BCUT2D eigenvalue weighted by molar-refractivity contribution is -0.127.